The molecule has 7 heteroatoms. The lowest BCUT2D eigenvalue weighted by molar-refractivity contribution is 0.246. The number of carbonyl (C=O) groups is 1. The van der Waals surface area contributed by atoms with Crippen LogP contribution in [-0.4, -0.2) is 23.6 Å². The maximum atomic E-state index is 12.4. The van der Waals surface area contributed by atoms with Gasteiger partial charge in [-0.05, 0) is 24.6 Å². The van der Waals surface area contributed by atoms with Gasteiger partial charge < -0.3 is 15.1 Å². The maximum Gasteiger partial charge on any atom is 0.323 e. The second-order valence-corrected chi connectivity index (χ2v) is 8.37. The largest absolute Gasteiger partial charge is 0.441 e. The van der Waals surface area contributed by atoms with E-state index >= 15 is 0 Å². The first-order valence-electron chi connectivity index (χ1n) is 10.3. The maximum absolute atomic E-state index is 12.4. The number of rotatable bonds is 6. The zero-order valence-electron chi connectivity index (χ0n) is 18.6. The highest BCUT2D eigenvalue weighted by atomic mass is 32.2. The molecule has 0 bridgehead atoms. The predicted molar refractivity (Wildman–Crippen MR) is 126 cm³/mol. The van der Waals surface area contributed by atoms with Gasteiger partial charge >= 0.3 is 6.03 Å². The quantitative estimate of drug-likeness (QED) is 0.617. The number of benzene rings is 1. The Hall–Kier alpha value is -2.67. The highest BCUT2D eigenvalue weighted by molar-refractivity contribution is 8.04. The number of hydrogen-bond donors (Lipinski definition) is 2. The molecule has 1 aliphatic heterocycles. The molecule has 162 valence electrons. The SMILES string of the molecule is CC.CCC(C)(C)c1cnc(/C=C/C2=CNC(NC(=O)N(C)c3ccccc3)S2)o1. The lowest BCUT2D eigenvalue weighted by Crippen LogP contribution is -2.45. The van der Waals surface area contributed by atoms with Crippen molar-refractivity contribution in [2.24, 2.45) is 0 Å². The Morgan fingerprint density at radius 3 is 2.67 bits per heavy atom. The minimum absolute atomic E-state index is 0.0256. The molecule has 30 heavy (non-hydrogen) atoms. The number of allylic oxidation sites excluding steroid dienone is 1. The molecule has 2 heterocycles. The number of nitrogens with zero attached hydrogens (tertiary/aromatic N) is 2. The summed E-state index contributed by atoms with van der Waals surface area (Å²) in [4.78, 5) is 19.3. The Morgan fingerprint density at radius 2 is 2.00 bits per heavy atom. The Labute approximate surface area is 183 Å². The molecule has 2 aromatic rings. The van der Waals surface area contributed by atoms with Crippen LogP contribution >= 0.6 is 11.8 Å². The summed E-state index contributed by atoms with van der Waals surface area (Å²) in [5.74, 6) is 1.46. The van der Waals surface area contributed by atoms with Crippen LogP contribution in [0.15, 0.2) is 58.1 Å². The zero-order valence-corrected chi connectivity index (χ0v) is 19.4. The monoisotopic (exact) mass is 428 g/mol. The van der Waals surface area contributed by atoms with E-state index in [0.29, 0.717) is 5.89 Å². The van der Waals surface area contributed by atoms with Crippen molar-refractivity contribution < 1.29 is 9.21 Å². The summed E-state index contributed by atoms with van der Waals surface area (Å²) in [6.45, 7) is 10.4. The Balaban J connectivity index is 0.00000155. The van der Waals surface area contributed by atoms with E-state index < -0.39 is 0 Å². The van der Waals surface area contributed by atoms with Gasteiger partial charge in [0.25, 0.3) is 0 Å². The van der Waals surface area contributed by atoms with Gasteiger partial charge in [0.2, 0.25) is 5.89 Å². The van der Waals surface area contributed by atoms with Gasteiger partial charge in [-0.15, -0.1) is 0 Å². The molecule has 0 saturated carbocycles. The molecule has 6 nitrogen and oxygen atoms in total. The fourth-order valence-electron chi connectivity index (χ4n) is 2.50. The third kappa shape index (κ3) is 6.16. The lowest BCUT2D eigenvalue weighted by Gasteiger charge is -2.21. The first kappa shape index (κ1) is 23.6. The molecule has 0 aliphatic carbocycles. The summed E-state index contributed by atoms with van der Waals surface area (Å²) in [5.41, 5.74) is 0.588. The molecule has 3 rings (SSSR count). The van der Waals surface area contributed by atoms with E-state index in [4.69, 9.17) is 4.42 Å². The highest BCUT2D eigenvalue weighted by Gasteiger charge is 2.23. The van der Waals surface area contributed by atoms with Crippen LogP contribution in [0.5, 0.6) is 0 Å². The molecule has 0 spiro atoms. The van der Waals surface area contributed by atoms with Crippen LogP contribution < -0.4 is 15.5 Å². The molecule has 1 aliphatic rings. The van der Waals surface area contributed by atoms with Crippen molar-refractivity contribution in [1.29, 1.82) is 0 Å². The van der Waals surface area contributed by atoms with Gasteiger partial charge in [-0.2, -0.15) is 0 Å². The summed E-state index contributed by atoms with van der Waals surface area (Å²) >= 11 is 1.52. The van der Waals surface area contributed by atoms with Crippen LogP contribution in [0.2, 0.25) is 0 Å². The standard InChI is InChI=1S/C21H26N4O2S.C2H6/c1-5-21(2,3)17-14-22-18(27-17)12-11-16-13-23-19(28-16)24-20(26)25(4)15-9-7-6-8-10-15;1-2/h6-14,19,23H,5H2,1-4H3,(H,24,26);1-2H3/b12-11+;. The van der Waals surface area contributed by atoms with Gasteiger partial charge in [0.1, 0.15) is 5.76 Å². The molecule has 1 atom stereocenters. The number of urea groups is 1. The van der Waals surface area contributed by atoms with Gasteiger partial charge in [-0.25, -0.2) is 9.78 Å². The Bertz CT molecular complexity index is 874. The van der Waals surface area contributed by atoms with Crippen molar-refractivity contribution in [3.8, 4) is 0 Å². The average molecular weight is 429 g/mol. The number of para-hydroxylation sites is 1. The normalized spacial score (nSPS) is 15.8. The number of oxazole rings is 1. The predicted octanol–water partition coefficient (Wildman–Crippen LogP) is 5.71. The van der Waals surface area contributed by atoms with E-state index in [2.05, 4.69) is 36.4 Å². The van der Waals surface area contributed by atoms with Crippen molar-refractivity contribution in [3.05, 3.63) is 65.4 Å². The highest BCUT2D eigenvalue weighted by Crippen LogP contribution is 2.29. The number of hydrogen-bond acceptors (Lipinski definition) is 5. The molecule has 0 saturated heterocycles. The van der Waals surface area contributed by atoms with Crippen molar-refractivity contribution in [2.45, 2.75) is 52.0 Å². The third-order valence-corrected chi connectivity index (χ3v) is 5.81. The van der Waals surface area contributed by atoms with E-state index in [0.717, 1.165) is 22.8 Å². The molecule has 1 aromatic carbocycles. The average Bonchev–Trinajstić information content (AvgIpc) is 3.43. The molecule has 0 fully saturated rings. The van der Waals surface area contributed by atoms with Crippen LogP contribution in [-0.2, 0) is 5.41 Å². The van der Waals surface area contributed by atoms with Gasteiger partial charge in [0, 0.05) is 35.3 Å². The van der Waals surface area contributed by atoms with Gasteiger partial charge in [0.15, 0.2) is 5.50 Å². The number of amides is 2. The fourth-order valence-corrected chi connectivity index (χ4v) is 3.35. The van der Waals surface area contributed by atoms with Crippen LogP contribution in [0.25, 0.3) is 6.08 Å². The van der Waals surface area contributed by atoms with Crippen LogP contribution in [0.3, 0.4) is 0 Å². The first-order chi connectivity index (χ1) is 14.4. The summed E-state index contributed by atoms with van der Waals surface area (Å²) in [6, 6.07) is 9.35. The smallest absolute Gasteiger partial charge is 0.323 e. The zero-order chi connectivity index (χ0) is 22.1. The van der Waals surface area contributed by atoms with Gasteiger partial charge in [-0.1, -0.05) is 64.6 Å². The summed E-state index contributed by atoms with van der Waals surface area (Å²) in [7, 11) is 1.75. The van der Waals surface area contributed by atoms with Crippen LogP contribution in [0.1, 0.15) is 52.7 Å². The van der Waals surface area contributed by atoms with Gasteiger partial charge in [-0.3, -0.25) is 4.90 Å². The van der Waals surface area contributed by atoms with Crippen molar-refractivity contribution in [3.63, 3.8) is 0 Å². The molecule has 1 unspecified atom stereocenters. The molecule has 1 aromatic heterocycles. The second-order valence-electron chi connectivity index (χ2n) is 7.19. The van der Waals surface area contributed by atoms with E-state index in [1.165, 1.54) is 11.8 Å². The third-order valence-electron chi connectivity index (χ3n) is 4.80. The number of nitrogens with one attached hydrogen (secondary N) is 2. The van der Waals surface area contributed by atoms with Crippen LogP contribution in [0.4, 0.5) is 10.5 Å². The van der Waals surface area contributed by atoms with E-state index in [1.807, 2.05) is 62.5 Å². The number of anilines is 1. The number of thioether (sulfide) groups is 1. The molecular formula is C23H32N4O2S. The van der Waals surface area contributed by atoms with E-state index in [9.17, 15) is 4.79 Å². The van der Waals surface area contributed by atoms with E-state index in [-0.39, 0.29) is 16.9 Å². The van der Waals surface area contributed by atoms with Crippen LogP contribution in [0, 0.1) is 0 Å². The Morgan fingerprint density at radius 1 is 1.30 bits per heavy atom. The van der Waals surface area contributed by atoms with Gasteiger partial charge in [0.05, 0.1) is 6.20 Å². The lowest BCUT2D eigenvalue weighted by atomic mass is 9.88. The Kier molecular flexibility index (Phi) is 8.59. The van der Waals surface area contributed by atoms with Crippen molar-refractivity contribution in [1.82, 2.24) is 15.6 Å². The summed E-state index contributed by atoms with van der Waals surface area (Å²) in [5, 5.41) is 6.11. The second kappa shape index (κ2) is 10.9. The van der Waals surface area contributed by atoms with Crippen molar-refractivity contribution in [2.75, 3.05) is 11.9 Å². The fraction of sp³-hybridized carbons (Fsp3) is 0.391. The topological polar surface area (TPSA) is 70.4 Å². The minimum atomic E-state index is -0.225. The minimum Gasteiger partial charge on any atom is -0.441 e. The molecule has 2 N–H and O–H groups in total. The number of aromatic nitrogens is 1. The first-order valence-corrected chi connectivity index (χ1v) is 11.1. The van der Waals surface area contributed by atoms with E-state index in [1.54, 1.807) is 18.1 Å². The molecular weight excluding hydrogens is 396 g/mol. The summed E-state index contributed by atoms with van der Waals surface area (Å²) < 4.78 is 5.84. The summed E-state index contributed by atoms with van der Waals surface area (Å²) in [6.07, 6.45) is 8.42. The molecule has 0 radical (unpaired) electrons. The molecule has 2 amide bonds. The van der Waals surface area contributed by atoms with Crippen molar-refractivity contribution >= 4 is 29.6 Å². The number of carbonyl (C=O) groups excluding carboxylic acids is 1.